The summed E-state index contributed by atoms with van der Waals surface area (Å²) in [7, 11) is 0. The highest BCUT2D eigenvalue weighted by Gasteiger charge is 2.33. The van der Waals surface area contributed by atoms with Crippen molar-refractivity contribution in [1.29, 1.82) is 0 Å². The molecule has 1 fully saturated rings. The maximum atomic E-state index is 12.2. The highest BCUT2D eigenvalue weighted by Crippen LogP contribution is 2.41. The van der Waals surface area contributed by atoms with Crippen LogP contribution in [0, 0.1) is 5.92 Å². The second-order valence-corrected chi connectivity index (χ2v) is 6.43. The summed E-state index contributed by atoms with van der Waals surface area (Å²) in [5.74, 6) is 0.539. The van der Waals surface area contributed by atoms with Crippen molar-refractivity contribution in [3.05, 3.63) is 50.9 Å². The molecule has 1 amide bonds. The van der Waals surface area contributed by atoms with Crippen molar-refractivity contribution < 1.29 is 4.79 Å². The van der Waals surface area contributed by atoms with E-state index in [1.54, 1.807) is 6.20 Å². The number of thiophene rings is 1. The third-order valence-electron chi connectivity index (χ3n) is 3.25. The molecule has 0 aromatic carbocycles. The Labute approximate surface area is 124 Å². The van der Waals surface area contributed by atoms with Crippen LogP contribution in [-0.2, 0) is 0 Å². The SMILES string of the molecule is O=C(NC(c1cncc(Br)c1)C1CC1)c1ccsc1. The van der Waals surface area contributed by atoms with Crippen LogP contribution < -0.4 is 5.32 Å². The zero-order valence-electron chi connectivity index (χ0n) is 10.2. The first kappa shape index (κ1) is 12.8. The summed E-state index contributed by atoms with van der Waals surface area (Å²) in [4.78, 5) is 16.4. The molecule has 0 spiro atoms. The number of halogens is 1. The molecule has 1 unspecified atom stereocenters. The predicted molar refractivity (Wildman–Crippen MR) is 79.2 cm³/mol. The minimum atomic E-state index is -0.00174. The second-order valence-electron chi connectivity index (χ2n) is 4.74. The summed E-state index contributed by atoms with van der Waals surface area (Å²) in [5.41, 5.74) is 1.80. The molecule has 1 aliphatic carbocycles. The number of carbonyl (C=O) groups excluding carboxylic acids is 1. The lowest BCUT2D eigenvalue weighted by Crippen LogP contribution is -2.29. The molecule has 1 N–H and O–H groups in total. The van der Waals surface area contributed by atoms with Gasteiger partial charge in [-0.1, -0.05) is 0 Å². The molecule has 0 bridgehead atoms. The molecule has 3 nitrogen and oxygen atoms in total. The van der Waals surface area contributed by atoms with Crippen molar-refractivity contribution in [1.82, 2.24) is 10.3 Å². The average molecular weight is 337 g/mol. The Morgan fingerprint density at radius 2 is 2.32 bits per heavy atom. The summed E-state index contributed by atoms with van der Waals surface area (Å²) < 4.78 is 0.945. The quantitative estimate of drug-likeness (QED) is 0.922. The number of pyridine rings is 1. The molecule has 19 heavy (non-hydrogen) atoms. The van der Waals surface area contributed by atoms with Gasteiger partial charge in [-0.2, -0.15) is 11.3 Å². The highest BCUT2D eigenvalue weighted by atomic mass is 79.9. The van der Waals surface area contributed by atoms with Crippen LogP contribution in [-0.4, -0.2) is 10.9 Å². The Hall–Kier alpha value is -1.20. The molecule has 2 aromatic rings. The molecule has 2 aromatic heterocycles. The van der Waals surface area contributed by atoms with E-state index in [-0.39, 0.29) is 11.9 Å². The number of nitrogens with zero attached hydrogens (tertiary/aromatic N) is 1. The Morgan fingerprint density at radius 1 is 1.47 bits per heavy atom. The normalized spacial score (nSPS) is 16.1. The van der Waals surface area contributed by atoms with Gasteiger partial charge in [0.2, 0.25) is 0 Å². The van der Waals surface area contributed by atoms with Crippen molar-refractivity contribution in [3.8, 4) is 0 Å². The van der Waals surface area contributed by atoms with Crippen molar-refractivity contribution in [3.63, 3.8) is 0 Å². The van der Waals surface area contributed by atoms with E-state index in [9.17, 15) is 4.79 Å². The van der Waals surface area contributed by atoms with Crippen molar-refractivity contribution in [2.45, 2.75) is 18.9 Å². The van der Waals surface area contributed by atoms with E-state index in [0.717, 1.165) is 15.6 Å². The van der Waals surface area contributed by atoms with Gasteiger partial charge in [-0.15, -0.1) is 0 Å². The lowest BCUT2D eigenvalue weighted by molar-refractivity contribution is 0.0932. The smallest absolute Gasteiger partial charge is 0.252 e. The number of nitrogens with one attached hydrogen (secondary N) is 1. The standard InChI is InChI=1S/C14H13BrN2OS/c15-12-5-11(6-16-7-12)13(9-1-2-9)17-14(18)10-3-4-19-8-10/h3-9,13H,1-2H2,(H,17,18). The summed E-state index contributed by atoms with van der Waals surface area (Å²) >= 11 is 4.97. The van der Waals surface area contributed by atoms with E-state index >= 15 is 0 Å². The van der Waals surface area contributed by atoms with E-state index < -0.39 is 0 Å². The molecule has 0 radical (unpaired) electrons. The monoisotopic (exact) mass is 336 g/mol. The lowest BCUT2D eigenvalue weighted by Gasteiger charge is -2.18. The molecule has 98 valence electrons. The van der Waals surface area contributed by atoms with Gasteiger partial charge in [0.15, 0.2) is 0 Å². The fraction of sp³-hybridized carbons (Fsp3) is 0.286. The van der Waals surface area contributed by atoms with E-state index in [1.165, 1.54) is 24.2 Å². The minimum absolute atomic E-state index is 0.00174. The zero-order valence-corrected chi connectivity index (χ0v) is 12.6. The number of rotatable bonds is 4. The molecule has 3 rings (SSSR count). The third kappa shape index (κ3) is 3.04. The molecule has 1 atom stereocenters. The fourth-order valence-corrected chi connectivity index (χ4v) is 3.14. The maximum Gasteiger partial charge on any atom is 0.252 e. The molecule has 0 aliphatic heterocycles. The Bertz CT molecular complexity index is 581. The second kappa shape index (κ2) is 5.43. The van der Waals surface area contributed by atoms with Crippen LogP contribution in [0.2, 0.25) is 0 Å². The summed E-state index contributed by atoms with van der Waals surface area (Å²) in [6, 6.07) is 3.95. The van der Waals surface area contributed by atoms with Crippen molar-refractivity contribution in [2.75, 3.05) is 0 Å². The third-order valence-corrected chi connectivity index (χ3v) is 4.37. The van der Waals surface area contributed by atoms with Crippen LogP contribution in [0.3, 0.4) is 0 Å². The number of amides is 1. The minimum Gasteiger partial charge on any atom is -0.345 e. The van der Waals surface area contributed by atoms with Crippen LogP contribution >= 0.6 is 27.3 Å². The summed E-state index contributed by atoms with van der Waals surface area (Å²) in [6.07, 6.45) is 5.93. The number of carbonyl (C=O) groups is 1. The first-order valence-corrected chi connectivity index (χ1v) is 7.91. The number of aromatic nitrogens is 1. The number of hydrogen-bond donors (Lipinski definition) is 1. The molecule has 1 saturated carbocycles. The van der Waals surface area contributed by atoms with Crippen molar-refractivity contribution in [2.24, 2.45) is 5.92 Å². The van der Waals surface area contributed by atoms with Gasteiger partial charge < -0.3 is 5.32 Å². The molecule has 0 saturated heterocycles. The molecule has 5 heteroatoms. The van der Waals surface area contributed by atoms with Crippen LogP contribution in [0.15, 0.2) is 39.8 Å². The molecular formula is C14H13BrN2OS. The maximum absolute atomic E-state index is 12.2. The van der Waals surface area contributed by atoms with Gasteiger partial charge in [-0.05, 0) is 57.8 Å². The topological polar surface area (TPSA) is 42.0 Å². The van der Waals surface area contributed by atoms with E-state index in [0.29, 0.717) is 5.92 Å². The van der Waals surface area contributed by atoms with E-state index in [1.807, 2.05) is 29.1 Å². The molecular weight excluding hydrogens is 324 g/mol. The van der Waals surface area contributed by atoms with Crippen LogP contribution in [0.25, 0.3) is 0 Å². The van der Waals surface area contributed by atoms with E-state index in [4.69, 9.17) is 0 Å². The van der Waals surface area contributed by atoms with E-state index in [2.05, 4.69) is 26.2 Å². The molecule has 2 heterocycles. The summed E-state index contributed by atoms with van der Waals surface area (Å²) in [6.45, 7) is 0. The Kier molecular flexibility index (Phi) is 3.66. The molecule has 1 aliphatic rings. The van der Waals surface area contributed by atoms with Gasteiger partial charge in [-0.3, -0.25) is 9.78 Å². The zero-order chi connectivity index (χ0) is 13.2. The van der Waals surface area contributed by atoms with Gasteiger partial charge in [0.05, 0.1) is 11.6 Å². The summed E-state index contributed by atoms with van der Waals surface area (Å²) in [5, 5.41) is 6.92. The van der Waals surface area contributed by atoms with Gasteiger partial charge in [0.25, 0.3) is 5.91 Å². The predicted octanol–water partition coefficient (Wildman–Crippen LogP) is 3.79. The Morgan fingerprint density at radius 3 is 2.95 bits per heavy atom. The van der Waals surface area contributed by atoms with Crippen LogP contribution in [0.4, 0.5) is 0 Å². The van der Waals surface area contributed by atoms with Crippen LogP contribution in [0.1, 0.15) is 34.8 Å². The number of hydrogen-bond acceptors (Lipinski definition) is 3. The average Bonchev–Trinajstić information content (AvgIpc) is 3.09. The largest absolute Gasteiger partial charge is 0.345 e. The fourth-order valence-electron chi connectivity index (χ4n) is 2.12. The first-order valence-electron chi connectivity index (χ1n) is 6.17. The van der Waals surface area contributed by atoms with Gasteiger partial charge >= 0.3 is 0 Å². The lowest BCUT2D eigenvalue weighted by atomic mass is 10.0. The van der Waals surface area contributed by atoms with Crippen molar-refractivity contribution >= 4 is 33.2 Å². The van der Waals surface area contributed by atoms with Gasteiger partial charge in [0.1, 0.15) is 0 Å². The first-order chi connectivity index (χ1) is 9.24. The van der Waals surface area contributed by atoms with Gasteiger partial charge in [-0.25, -0.2) is 0 Å². The highest BCUT2D eigenvalue weighted by molar-refractivity contribution is 9.10. The Balaban J connectivity index is 1.80. The van der Waals surface area contributed by atoms with Crippen LogP contribution in [0.5, 0.6) is 0 Å². The van der Waals surface area contributed by atoms with Gasteiger partial charge in [0, 0.05) is 22.2 Å².